The molecule has 0 aliphatic carbocycles. The van der Waals surface area contributed by atoms with Gasteiger partial charge in [0.05, 0.1) is 10.0 Å². The Morgan fingerprint density at radius 3 is 1.77 bits per heavy atom. The van der Waals surface area contributed by atoms with Gasteiger partial charge in [0.2, 0.25) is 47.1 Å². The Morgan fingerprint density at radius 1 is 0.538 bits per heavy atom. The number of halogens is 2. The molecule has 17 bridgehead atoms. The van der Waals surface area contributed by atoms with Crippen LogP contribution in [0.3, 0.4) is 0 Å². The number of phenols is 6. The van der Waals surface area contributed by atoms with Gasteiger partial charge in [0, 0.05) is 36.7 Å². The number of aromatic hydroxyl groups is 6. The van der Waals surface area contributed by atoms with Gasteiger partial charge in [0.15, 0.2) is 23.0 Å². The molecule has 0 unspecified atom stereocenters. The van der Waals surface area contributed by atoms with Crippen molar-refractivity contribution in [3.05, 3.63) is 164 Å². The fourth-order valence-electron chi connectivity index (χ4n) is 10.9. The van der Waals surface area contributed by atoms with Crippen molar-refractivity contribution < 1.29 is 93.0 Å². The standard InChI is InChI=1S/C64H56Cl2N8O19/c1-64(2,3)93-63(89)74-49-27-7-10-40(78)44(19-27)90-33-16-29(15-31(75)22-33)50-60(86)71-51-30-20-45(91-42-11-5-25(13-36(42)65)14-38(56(82)69-50)68-58(49)84)55(81)46(21-30)92-43-12-8-28(18-37(43)66)54(80)53-62(88)72-52(57(83)67-4)35-23-32(76)24-41(79)47(35)34-17-26(6-9-39(34)77)48(59(85)73-53)70-61(51)87/h5-13,15-24,38,48-54,75-81H,14H2,1-4H3,(H,67,83)(H,68,84)(H,69,82)(H,70,87)(H,71,86)(H,72,88)(H,73,85)(H,74,89)/t38-,48-,49-,50+,51-,52+,53+,54-/m1/s1. The zero-order chi connectivity index (χ0) is 66.6. The molecule has 6 heterocycles. The third-order valence-corrected chi connectivity index (χ3v) is 15.9. The van der Waals surface area contributed by atoms with Gasteiger partial charge < -0.3 is 97.2 Å². The van der Waals surface area contributed by atoms with Crippen molar-refractivity contribution in [3.8, 4) is 80.1 Å². The van der Waals surface area contributed by atoms with E-state index >= 15 is 19.2 Å². The first-order chi connectivity index (χ1) is 44.1. The predicted molar refractivity (Wildman–Crippen MR) is 327 cm³/mol. The van der Waals surface area contributed by atoms with Gasteiger partial charge in [-0.1, -0.05) is 47.5 Å². The smallest absolute Gasteiger partial charge is 0.408 e. The second kappa shape index (κ2) is 24.9. The van der Waals surface area contributed by atoms with Crippen LogP contribution >= 0.6 is 23.2 Å². The number of aliphatic hydroxyl groups excluding tert-OH is 1. The average Bonchev–Trinajstić information content (AvgIpc) is 0.787. The van der Waals surface area contributed by atoms with Crippen LogP contribution in [0.1, 0.15) is 96.0 Å². The molecular weight excluding hydrogens is 1260 g/mol. The summed E-state index contributed by atoms with van der Waals surface area (Å²) in [7, 11) is 1.21. The lowest BCUT2D eigenvalue weighted by atomic mass is 9.89. The number of amides is 8. The summed E-state index contributed by atoms with van der Waals surface area (Å²) in [6.45, 7) is 4.73. The first-order valence-electron chi connectivity index (χ1n) is 28.4. The van der Waals surface area contributed by atoms with E-state index in [0.29, 0.717) is 0 Å². The van der Waals surface area contributed by atoms with Crippen LogP contribution in [0.5, 0.6) is 69.0 Å². The average molecular weight is 1310 g/mol. The van der Waals surface area contributed by atoms with E-state index < -0.39 is 154 Å². The number of hydrogen-bond acceptors (Lipinski definition) is 19. The fraction of sp³-hybridized carbons (Fsp3) is 0.219. The van der Waals surface area contributed by atoms with Crippen LogP contribution in [0.15, 0.2) is 115 Å². The molecule has 0 radical (unpaired) electrons. The molecule has 7 aromatic rings. The number of carbonyl (C=O) groups excluding carboxylic acids is 8. The number of hydrogen-bond donors (Lipinski definition) is 15. The van der Waals surface area contributed by atoms with E-state index in [1.807, 2.05) is 0 Å². The number of rotatable bonds is 2. The highest BCUT2D eigenvalue weighted by molar-refractivity contribution is 6.32. The van der Waals surface area contributed by atoms with E-state index in [0.717, 1.165) is 66.7 Å². The number of aliphatic hydroxyl groups is 1. The van der Waals surface area contributed by atoms with Gasteiger partial charge in [0.25, 0.3) is 0 Å². The Hall–Kier alpha value is -11.2. The maximum absolute atomic E-state index is 15.9. The molecule has 0 saturated carbocycles. The maximum Gasteiger partial charge on any atom is 0.408 e. The molecule has 480 valence electrons. The minimum absolute atomic E-state index is 0.00277. The van der Waals surface area contributed by atoms with Crippen molar-refractivity contribution in [2.24, 2.45) is 0 Å². The van der Waals surface area contributed by atoms with Crippen molar-refractivity contribution in [1.29, 1.82) is 0 Å². The molecule has 0 fully saturated rings. The highest BCUT2D eigenvalue weighted by atomic mass is 35.5. The summed E-state index contributed by atoms with van der Waals surface area (Å²) in [4.78, 5) is 119. The summed E-state index contributed by atoms with van der Waals surface area (Å²) in [5.74, 6) is -14.2. The molecule has 15 N–H and O–H groups in total. The molecule has 13 rings (SSSR count). The van der Waals surface area contributed by atoms with Gasteiger partial charge in [-0.15, -0.1) is 0 Å². The van der Waals surface area contributed by atoms with E-state index in [4.69, 9.17) is 42.1 Å². The van der Waals surface area contributed by atoms with Crippen LogP contribution in [0.2, 0.25) is 10.0 Å². The maximum atomic E-state index is 15.9. The molecular formula is C64H56Cl2N8O19. The minimum Gasteiger partial charge on any atom is -0.508 e. The molecule has 0 spiro atoms. The van der Waals surface area contributed by atoms with Crippen LogP contribution < -0.4 is 56.7 Å². The van der Waals surface area contributed by atoms with Gasteiger partial charge in [-0.25, -0.2) is 4.79 Å². The molecule has 6 aliphatic heterocycles. The van der Waals surface area contributed by atoms with E-state index in [-0.39, 0.29) is 83.1 Å². The number of alkyl carbamates (subject to hydrolysis) is 1. The number of phenolic OH excluding ortho intramolecular Hbond substituents is 6. The Labute approximate surface area is 536 Å². The highest BCUT2D eigenvalue weighted by Crippen LogP contribution is 2.48. The molecule has 7 aromatic carbocycles. The van der Waals surface area contributed by atoms with E-state index in [2.05, 4.69) is 42.5 Å². The van der Waals surface area contributed by atoms with E-state index in [9.17, 15) is 54.9 Å². The van der Waals surface area contributed by atoms with E-state index in [1.54, 1.807) is 20.8 Å². The normalized spacial score (nSPS) is 21.2. The third kappa shape index (κ3) is 13.1. The Balaban J connectivity index is 1.13. The zero-order valence-corrected chi connectivity index (χ0v) is 50.6. The lowest BCUT2D eigenvalue weighted by molar-refractivity contribution is -0.137. The van der Waals surface area contributed by atoms with Crippen molar-refractivity contribution in [2.45, 2.75) is 81.2 Å². The summed E-state index contributed by atoms with van der Waals surface area (Å²) in [6.07, 6.45) is -3.59. The molecule has 0 saturated heterocycles. The summed E-state index contributed by atoms with van der Waals surface area (Å²) < 4.78 is 24.1. The van der Waals surface area contributed by atoms with Crippen molar-refractivity contribution in [3.63, 3.8) is 0 Å². The number of benzene rings is 7. The van der Waals surface area contributed by atoms with Gasteiger partial charge in [-0.05, 0) is 139 Å². The summed E-state index contributed by atoms with van der Waals surface area (Å²) in [6, 6.07) is 8.32. The van der Waals surface area contributed by atoms with Crippen LogP contribution in [0.4, 0.5) is 4.79 Å². The van der Waals surface area contributed by atoms with Gasteiger partial charge in [0.1, 0.15) is 94.2 Å². The van der Waals surface area contributed by atoms with Gasteiger partial charge >= 0.3 is 6.09 Å². The zero-order valence-electron chi connectivity index (χ0n) is 49.1. The van der Waals surface area contributed by atoms with Crippen LogP contribution in [-0.4, -0.2) is 108 Å². The topological polar surface area (TPSA) is 411 Å². The minimum atomic E-state index is -2.19. The largest absolute Gasteiger partial charge is 0.508 e. The monoisotopic (exact) mass is 1310 g/mol. The predicted octanol–water partition coefficient (Wildman–Crippen LogP) is 6.21. The van der Waals surface area contributed by atoms with Gasteiger partial charge in [-0.2, -0.15) is 0 Å². The quantitative estimate of drug-likeness (QED) is 0.0914. The molecule has 8 atom stereocenters. The van der Waals surface area contributed by atoms with Crippen molar-refractivity contribution in [1.82, 2.24) is 42.5 Å². The molecule has 0 aromatic heterocycles. The second-order valence-electron chi connectivity index (χ2n) is 23.0. The summed E-state index contributed by atoms with van der Waals surface area (Å²) in [5.41, 5.74) is -2.85. The van der Waals surface area contributed by atoms with E-state index in [1.165, 1.54) is 55.6 Å². The van der Waals surface area contributed by atoms with Crippen molar-refractivity contribution >= 4 is 70.6 Å². The lowest BCUT2D eigenvalue weighted by Gasteiger charge is -2.31. The lowest BCUT2D eigenvalue weighted by Crippen LogP contribution is -2.56. The van der Waals surface area contributed by atoms with Crippen LogP contribution in [0, 0.1) is 0 Å². The molecule has 8 amide bonds. The second-order valence-corrected chi connectivity index (χ2v) is 23.8. The SMILES string of the molecule is CNC(=O)[C@H]1NC(=O)[C@H]2NC(=O)[C@H](NC(=O)[C@@H]3NC(=O)[C@H]4NC(=O)[C@@H](Cc5ccc(c(Cl)c5)Oc5cc3cc(c5O)Oc3ccc(cc3Cl)[C@H]2O)NC(=O)[C@H](NC(=O)OC(C)(C)C)c2ccc(O)c(c2)Oc2cc(O)cc4c2)c2ccc(O)c(c2)-c2c(O)cc(O)cc21. The molecule has 29 heteroatoms. The number of nitrogens with one attached hydrogen (secondary N) is 8. The number of likely N-dealkylation sites (N-methyl/N-ethyl adjacent to an activating group) is 1. The molecule has 6 aliphatic rings. The number of ether oxygens (including phenoxy) is 4. The number of fused-ring (bicyclic) bond motifs is 14. The number of carbonyl (C=O) groups is 8. The van der Waals surface area contributed by atoms with Crippen LogP contribution in [0.25, 0.3) is 11.1 Å². The Bertz CT molecular complexity index is 4310. The first-order valence-corrected chi connectivity index (χ1v) is 29.1. The Kier molecular flexibility index (Phi) is 17.0. The molecule has 93 heavy (non-hydrogen) atoms. The first kappa shape index (κ1) is 63.4. The van der Waals surface area contributed by atoms with Crippen molar-refractivity contribution in [2.75, 3.05) is 7.05 Å². The summed E-state index contributed by atoms with van der Waals surface area (Å²) in [5, 5.41) is 101. The Morgan fingerprint density at radius 2 is 1.12 bits per heavy atom. The highest BCUT2D eigenvalue weighted by Gasteiger charge is 2.42. The fourth-order valence-corrected chi connectivity index (χ4v) is 11.4. The third-order valence-electron chi connectivity index (χ3n) is 15.3. The summed E-state index contributed by atoms with van der Waals surface area (Å²) >= 11 is 13.8. The van der Waals surface area contributed by atoms with Crippen LogP contribution in [-0.2, 0) is 44.7 Å². The van der Waals surface area contributed by atoms with Gasteiger partial charge in [-0.3, -0.25) is 33.6 Å². The molecule has 27 nitrogen and oxygen atoms in total.